The van der Waals surface area contributed by atoms with Gasteiger partial charge in [0.25, 0.3) is 0 Å². The van der Waals surface area contributed by atoms with Crippen molar-refractivity contribution in [3.8, 4) is 5.75 Å². The van der Waals surface area contributed by atoms with Crippen LogP contribution < -0.4 is 10.1 Å². The summed E-state index contributed by atoms with van der Waals surface area (Å²) >= 11 is 0. The zero-order chi connectivity index (χ0) is 13.9. The van der Waals surface area contributed by atoms with E-state index in [0.717, 1.165) is 18.6 Å². The quantitative estimate of drug-likeness (QED) is 0.908. The Morgan fingerprint density at radius 2 is 2.00 bits per heavy atom. The lowest BCUT2D eigenvalue weighted by molar-refractivity contribution is 0.413. The molecule has 0 radical (unpaired) electrons. The van der Waals surface area contributed by atoms with Crippen LogP contribution in [0.5, 0.6) is 5.75 Å². The maximum absolute atomic E-state index is 5.33. The molecular weight excluding hydrogens is 246 g/mol. The van der Waals surface area contributed by atoms with E-state index in [9.17, 15) is 0 Å². The number of nitrogens with one attached hydrogen (secondary N) is 1. The van der Waals surface area contributed by atoms with Crippen molar-refractivity contribution in [2.45, 2.75) is 32.2 Å². The first-order chi connectivity index (χ1) is 9.74. The second kappa shape index (κ2) is 5.58. The molecule has 0 fully saturated rings. The van der Waals surface area contributed by atoms with Crippen molar-refractivity contribution in [1.29, 1.82) is 0 Å². The number of benzene rings is 2. The van der Waals surface area contributed by atoms with Gasteiger partial charge in [-0.15, -0.1) is 0 Å². The van der Waals surface area contributed by atoms with Gasteiger partial charge in [0.15, 0.2) is 0 Å². The number of hydrogen-bond donors (Lipinski definition) is 1. The first-order valence-electron chi connectivity index (χ1n) is 7.23. The van der Waals surface area contributed by atoms with Crippen molar-refractivity contribution in [2.24, 2.45) is 0 Å². The van der Waals surface area contributed by atoms with Gasteiger partial charge in [0.1, 0.15) is 5.75 Å². The summed E-state index contributed by atoms with van der Waals surface area (Å²) in [6, 6.07) is 15.6. The molecule has 0 heterocycles. The second-order valence-corrected chi connectivity index (χ2v) is 5.59. The maximum Gasteiger partial charge on any atom is 0.119 e. The third-order valence-corrected chi connectivity index (χ3v) is 4.03. The van der Waals surface area contributed by atoms with Crippen LogP contribution in [-0.4, -0.2) is 13.2 Å². The molecule has 3 rings (SSSR count). The fraction of sp³-hybridized carbons (Fsp3) is 0.333. The number of fused-ring (bicyclic) bond motifs is 1. The number of hydrogen-bond acceptors (Lipinski definition) is 2. The zero-order valence-electron chi connectivity index (χ0n) is 12.1. The van der Waals surface area contributed by atoms with Crippen LogP contribution in [0.1, 0.15) is 23.1 Å². The van der Waals surface area contributed by atoms with Gasteiger partial charge < -0.3 is 10.1 Å². The fourth-order valence-corrected chi connectivity index (χ4v) is 2.95. The van der Waals surface area contributed by atoms with E-state index in [4.69, 9.17) is 4.74 Å². The average Bonchev–Trinajstić information content (AvgIpc) is 2.46. The highest BCUT2D eigenvalue weighted by Gasteiger charge is 2.18. The van der Waals surface area contributed by atoms with Gasteiger partial charge in [-0.3, -0.25) is 0 Å². The molecule has 2 aromatic carbocycles. The molecule has 1 atom stereocenters. The average molecular weight is 267 g/mol. The van der Waals surface area contributed by atoms with Crippen molar-refractivity contribution < 1.29 is 4.74 Å². The van der Waals surface area contributed by atoms with E-state index in [1.54, 1.807) is 7.11 Å². The van der Waals surface area contributed by atoms with Crippen molar-refractivity contribution in [3.05, 3.63) is 59.2 Å². The summed E-state index contributed by atoms with van der Waals surface area (Å²) in [5.74, 6) is 0.958. The topological polar surface area (TPSA) is 21.3 Å². The standard InChI is InChI=1S/C18H21NO/c1-13-4-3-5-16(10-13)19-17-8-6-14-7-9-18(20-2)12-15(14)11-17/h3-5,7,9-10,12,17,19H,6,8,11H2,1-2H3. The molecule has 1 unspecified atom stereocenters. The second-order valence-electron chi connectivity index (χ2n) is 5.59. The van der Waals surface area contributed by atoms with E-state index in [1.807, 2.05) is 0 Å². The van der Waals surface area contributed by atoms with Crippen LogP contribution >= 0.6 is 0 Å². The van der Waals surface area contributed by atoms with E-state index in [1.165, 1.54) is 28.8 Å². The zero-order valence-corrected chi connectivity index (χ0v) is 12.1. The predicted molar refractivity (Wildman–Crippen MR) is 83.6 cm³/mol. The van der Waals surface area contributed by atoms with Gasteiger partial charge in [-0.2, -0.15) is 0 Å². The number of rotatable bonds is 3. The Morgan fingerprint density at radius 3 is 2.80 bits per heavy atom. The number of aryl methyl sites for hydroxylation is 2. The summed E-state index contributed by atoms with van der Waals surface area (Å²) < 4.78 is 5.33. The molecule has 104 valence electrons. The summed E-state index contributed by atoms with van der Waals surface area (Å²) in [5.41, 5.74) is 5.41. The number of methoxy groups -OCH3 is 1. The van der Waals surface area contributed by atoms with Crippen LogP contribution in [0.2, 0.25) is 0 Å². The first-order valence-corrected chi connectivity index (χ1v) is 7.23. The first kappa shape index (κ1) is 13.0. The molecule has 1 aliphatic carbocycles. The normalized spacial score (nSPS) is 17.4. The summed E-state index contributed by atoms with van der Waals surface area (Å²) in [4.78, 5) is 0. The largest absolute Gasteiger partial charge is 0.497 e. The van der Waals surface area contributed by atoms with Crippen molar-refractivity contribution in [1.82, 2.24) is 0 Å². The van der Waals surface area contributed by atoms with Gasteiger partial charge in [-0.05, 0) is 67.1 Å². The van der Waals surface area contributed by atoms with Gasteiger partial charge in [0.2, 0.25) is 0 Å². The van der Waals surface area contributed by atoms with E-state index in [0.29, 0.717) is 6.04 Å². The van der Waals surface area contributed by atoms with Crippen LogP contribution in [0.3, 0.4) is 0 Å². The van der Waals surface area contributed by atoms with Crippen LogP contribution in [-0.2, 0) is 12.8 Å². The third-order valence-electron chi connectivity index (χ3n) is 4.03. The molecular formula is C18H21NO. The highest BCUT2D eigenvalue weighted by Crippen LogP contribution is 2.27. The van der Waals surface area contributed by atoms with E-state index < -0.39 is 0 Å². The van der Waals surface area contributed by atoms with Gasteiger partial charge in [0.05, 0.1) is 7.11 Å². The lowest BCUT2D eigenvalue weighted by Gasteiger charge is -2.27. The number of anilines is 1. The lowest BCUT2D eigenvalue weighted by atomic mass is 9.88. The van der Waals surface area contributed by atoms with E-state index >= 15 is 0 Å². The molecule has 0 saturated carbocycles. The highest BCUT2D eigenvalue weighted by molar-refractivity contribution is 5.47. The molecule has 0 amide bonds. The Balaban J connectivity index is 1.74. The minimum Gasteiger partial charge on any atom is -0.497 e. The van der Waals surface area contributed by atoms with Gasteiger partial charge in [-0.1, -0.05) is 18.2 Å². The van der Waals surface area contributed by atoms with Crippen molar-refractivity contribution >= 4 is 5.69 Å². The predicted octanol–water partition coefficient (Wildman–Crippen LogP) is 3.97. The molecule has 0 aromatic heterocycles. The smallest absolute Gasteiger partial charge is 0.119 e. The summed E-state index contributed by atoms with van der Waals surface area (Å²) in [6.45, 7) is 2.13. The molecule has 20 heavy (non-hydrogen) atoms. The Morgan fingerprint density at radius 1 is 1.10 bits per heavy atom. The monoisotopic (exact) mass is 267 g/mol. The number of ether oxygens (including phenoxy) is 1. The molecule has 2 aromatic rings. The lowest BCUT2D eigenvalue weighted by Crippen LogP contribution is -2.27. The SMILES string of the molecule is COc1ccc2c(c1)CC(Nc1cccc(C)c1)CC2. The minimum absolute atomic E-state index is 0.511. The molecule has 0 spiro atoms. The van der Waals surface area contributed by atoms with Crippen molar-refractivity contribution in [2.75, 3.05) is 12.4 Å². The summed E-state index contributed by atoms with van der Waals surface area (Å²) in [5, 5.41) is 3.66. The van der Waals surface area contributed by atoms with E-state index in [2.05, 4.69) is 54.7 Å². The van der Waals surface area contributed by atoms with E-state index in [-0.39, 0.29) is 0 Å². The highest BCUT2D eigenvalue weighted by atomic mass is 16.5. The van der Waals surface area contributed by atoms with Crippen LogP contribution in [0.15, 0.2) is 42.5 Å². The molecule has 0 bridgehead atoms. The molecule has 2 nitrogen and oxygen atoms in total. The molecule has 1 aliphatic rings. The Bertz CT molecular complexity index is 606. The van der Waals surface area contributed by atoms with Crippen molar-refractivity contribution in [3.63, 3.8) is 0 Å². The third kappa shape index (κ3) is 2.79. The fourth-order valence-electron chi connectivity index (χ4n) is 2.95. The van der Waals surface area contributed by atoms with Gasteiger partial charge in [-0.25, -0.2) is 0 Å². The van der Waals surface area contributed by atoms with Gasteiger partial charge in [0, 0.05) is 11.7 Å². The maximum atomic E-state index is 5.33. The van der Waals surface area contributed by atoms with Crippen LogP contribution in [0, 0.1) is 6.92 Å². The Labute approximate surface area is 120 Å². The van der Waals surface area contributed by atoms with Gasteiger partial charge >= 0.3 is 0 Å². The molecule has 2 heteroatoms. The molecule has 1 N–H and O–H groups in total. The summed E-state index contributed by atoms with van der Waals surface area (Å²) in [6.07, 6.45) is 3.40. The minimum atomic E-state index is 0.511. The Kier molecular flexibility index (Phi) is 3.64. The van der Waals surface area contributed by atoms with Crippen LogP contribution in [0.25, 0.3) is 0 Å². The Hall–Kier alpha value is -1.96. The molecule has 0 aliphatic heterocycles. The van der Waals surface area contributed by atoms with Crippen LogP contribution in [0.4, 0.5) is 5.69 Å². The summed E-state index contributed by atoms with van der Waals surface area (Å²) in [7, 11) is 1.73. The molecule has 0 saturated heterocycles.